The SMILES string of the molecule is Cc1cc(Cl)c2c(c1)Sc1c(Cl)c(C)c(Cl)c(Cl)c1O2. The summed E-state index contributed by atoms with van der Waals surface area (Å²) in [6, 6.07) is 3.85. The molecule has 1 aliphatic rings. The normalized spacial score (nSPS) is 12.7. The number of benzene rings is 2. The van der Waals surface area contributed by atoms with Gasteiger partial charge in [-0.1, -0.05) is 58.2 Å². The number of ether oxygens (including phenoxy) is 1. The van der Waals surface area contributed by atoms with Crippen LogP contribution < -0.4 is 4.74 Å². The summed E-state index contributed by atoms with van der Waals surface area (Å²) in [4.78, 5) is 1.69. The fourth-order valence-corrected chi connectivity index (χ4v) is 4.41. The summed E-state index contributed by atoms with van der Waals surface area (Å²) in [6.07, 6.45) is 0. The van der Waals surface area contributed by atoms with Crippen molar-refractivity contribution in [2.45, 2.75) is 23.6 Å². The van der Waals surface area contributed by atoms with Crippen molar-refractivity contribution < 1.29 is 4.74 Å². The van der Waals surface area contributed by atoms with Crippen LogP contribution in [0.1, 0.15) is 11.1 Å². The van der Waals surface area contributed by atoms with E-state index in [-0.39, 0.29) is 0 Å². The molecule has 0 fully saturated rings. The van der Waals surface area contributed by atoms with Crippen LogP contribution in [-0.2, 0) is 0 Å². The van der Waals surface area contributed by atoms with Crippen LogP contribution in [0.5, 0.6) is 11.5 Å². The van der Waals surface area contributed by atoms with E-state index in [1.54, 1.807) is 0 Å². The van der Waals surface area contributed by atoms with Crippen LogP contribution >= 0.6 is 58.2 Å². The van der Waals surface area contributed by atoms with Gasteiger partial charge in [0.05, 0.1) is 24.9 Å². The molecule has 0 amide bonds. The first-order valence-electron chi connectivity index (χ1n) is 5.73. The number of halogens is 4. The summed E-state index contributed by atoms with van der Waals surface area (Å²) >= 11 is 26.5. The lowest BCUT2D eigenvalue weighted by Gasteiger charge is -2.24. The number of rotatable bonds is 0. The lowest BCUT2D eigenvalue weighted by molar-refractivity contribution is 0.455. The van der Waals surface area contributed by atoms with Gasteiger partial charge in [-0.25, -0.2) is 0 Å². The Morgan fingerprint density at radius 3 is 2.30 bits per heavy atom. The van der Waals surface area contributed by atoms with Crippen molar-refractivity contribution in [3.05, 3.63) is 43.4 Å². The van der Waals surface area contributed by atoms with Gasteiger partial charge in [-0.2, -0.15) is 0 Å². The summed E-state index contributed by atoms with van der Waals surface area (Å²) in [5.74, 6) is 1.06. The molecule has 1 heterocycles. The minimum atomic E-state index is 0.360. The Balaban J connectivity index is 2.26. The molecule has 0 unspecified atom stereocenters. The Labute approximate surface area is 141 Å². The van der Waals surface area contributed by atoms with Gasteiger partial charge in [0.15, 0.2) is 11.5 Å². The maximum absolute atomic E-state index is 6.36. The number of fused-ring (bicyclic) bond motifs is 2. The first-order valence-corrected chi connectivity index (χ1v) is 8.06. The molecule has 2 aromatic carbocycles. The molecule has 3 rings (SSSR count). The quantitative estimate of drug-likeness (QED) is 0.390. The average molecular weight is 366 g/mol. The molecule has 0 N–H and O–H groups in total. The van der Waals surface area contributed by atoms with Crippen molar-refractivity contribution in [2.24, 2.45) is 0 Å². The third kappa shape index (κ3) is 2.18. The molecule has 0 spiro atoms. The standard InChI is InChI=1S/C14H8Cl4OS/c1-5-3-7(15)12-8(4-5)20-14-10(17)6(2)9(16)11(18)13(14)19-12/h3-4H,1-2H3. The van der Waals surface area contributed by atoms with Gasteiger partial charge < -0.3 is 4.74 Å². The molecule has 1 nitrogen and oxygen atoms in total. The summed E-state index contributed by atoms with van der Waals surface area (Å²) in [5, 5.41) is 1.87. The summed E-state index contributed by atoms with van der Waals surface area (Å²) in [7, 11) is 0. The Morgan fingerprint density at radius 2 is 1.60 bits per heavy atom. The van der Waals surface area contributed by atoms with Gasteiger partial charge in [0.25, 0.3) is 0 Å². The van der Waals surface area contributed by atoms with Crippen molar-refractivity contribution in [3.63, 3.8) is 0 Å². The molecule has 20 heavy (non-hydrogen) atoms. The van der Waals surface area contributed by atoms with E-state index in [4.69, 9.17) is 51.1 Å². The monoisotopic (exact) mass is 364 g/mol. The van der Waals surface area contributed by atoms with Crippen LogP contribution in [0.4, 0.5) is 0 Å². The smallest absolute Gasteiger partial charge is 0.163 e. The van der Waals surface area contributed by atoms with Crippen molar-refractivity contribution in [2.75, 3.05) is 0 Å². The molecule has 0 atom stereocenters. The molecular weight excluding hydrogens is 358 g/mol. The van der Waals surface area contributed by atoms with Gasteiger partial charge in [-0.15, -0.1) is 0 Å². The van der Waals surface area contributed by atoms with E-state index < -0.39 is 0 Å². The summed E-state index contributed by atoms with van der Waals surface area (Å²) < 4.78 is 5.86. The zero-order chi connectivity index (χ0) is 14.6. The van der Waals surface area contributed by atoms with Crippen molar-refractivity contribution in [3.8, 4) is 11.5 Å². The van der Waals surface area contributed by atoms with Gasteiger partial charge in [-0.05, 0) is 37.1 Å². The largest absolute Gasteiger partial charge is 0.452 e. The number of hydrogen-bond acceptors (Lipinski definition) is 2. The molecule has 0 aromatic heterocycles. The van der Waals surface area contributed by atoms with E-state index in [9.17, 15) is 0 Å². The molecule has 104 valence electrons. The Kier molecular flexibility index (Phi) is 3.81. The number of aryl methyl sites for hydroxylation is 1. The predicted octanol–water partition coefficient (Wildman–Crippen LogP) is 7.17. The highest BCUT2D eigenvalue weighted by atomic mass is 35.5. The van der Waals surface area contributed by atoms with Crippen molar-refractivity contribution in [1.29, 1.82) is 0 Å². The van der Waals surface area contributed by atoms with E-state index >= 15 is 0 Å². The Hall–Kier alpha value is -0.250. The van der Waals surface area contributed by atoms with Crippen LogP contribution in [0.25, 0.3) is 0 Å². The van der Waals surface area contributed by atoms with Gasteiger partial charge in [0, 0.05) is 0 Å². The first kappa shape index (κ1) is 14.7. The summed E-state index contributed by atoms with van der Waals surface area (Å²) in [5.41, 5.74) is 1.80. The lowest BCUT2D eigenvalue weighted by Crippen LogP contribution is -2.00. The van der Waals surface area contributed by atoms with E-state index in [0.717, 1.165) is 20.9 Å². The van der Waals surface area contributed by atoms with Gasteiger partial charge in [-0.3, -0.25) is 0 Å². The highest BCUT2D eigenvalue weighted by Crippen LogP contribution is 2.57. The minimum absolute atomic E-state index is 0.360. The molecule has 0 bridgehead atoms. The molecule has 0 aliphatic carbocycles. The van der Waals surface area contributed by atoms with E-state index in [0.29, 0.717) is 31.6 Å². The molecule has 6 heteroatoms. The van der Waals surface area contributed by atoms with Crippen molar-refractivity contribution >= 4 is 58.2 Å². The van der Waals surface area contributed by atoms with Gasteiger partial charge >= 0.3 is 0 Å². The second-order valence-electron chi connectivity index (χ2n) is 4.50. The van der Waals surface area contributed by atoms with E-state index in [2.05, 4.69) is 0 Å². The maximum Gasteiger partial charge on any atom is 0.163 e. The van der Waals surface area contributed by atoms with Crippen molar-refractivity contribution in [1.82, 2.24) is 0 Å². The van der Waals surface area contributed by atoms with Crippen LogP contribution in [0, 0.1) is 13.8 Å². The third-order valence-electron chi connectivity index (χ3n) is 3.03. The molecule has 0 saturated heterocycles. The fraction of sp³-hybridized carbons (Fsp3) is 0.143. The minimum Gasteiger partial charge on any atom is -0.452 e. The highest BCUT2D eigenvalue weighted by molar-refractivity contribution is 7.99. The fourth-order valence-electron chi connectivity index (χ4n) is 2.00. The zero-order valence-electron chi connectivity index (χ0n) is 10.5. The van der Waals surface area contributed by atoms with Crippen LogP contribution in [0.3, 0.4) is 0 Å². The molecule has 1 aliphatic heterocycles. The molecule has 2 aromatic rings. The summed E-state index contributed by atoms with van der Waals surface area (Å²) in [6.45, 7) is 3.81. The van der Waals surface area contributed by atoms with Crippen LogP contribution in [0.2, 0.25) is 20.1 Å². The van der Waals surface area contributed by atoms with Gasteiger partial charge in [0.2, 0.25) is 0 Å². The molecule has 0 saturated carbocycles. The zero-order valence-corrected chi connectivity index (χ0v) is 14.3. The molecule has 0 radical (unpaired) electrons. The predicted molar refractivity (Wildman–Crippen MR) is 86.6 cm³/mol. The first-order chi connectivity index (χ1) is 9.40. The Bertz CT molecular complexity index is 743. The topological polar surface area (TPSA) is 9.23 Å². The van der Waals surface area contributed by atoms with E-state index in [1.807, 2.05) is 26.0 Å². The van der Waals surface area contributed by atoms with Gasteiger partial charge in [0.1, 0.15) is 5.02 Å². The molecular formula is C14H8Cl4OS. The average Bonchev–Trinajstić information content (AvgIpc) is 2.41. The second kappa shape index (κ2) is 5.19. The van der Waals surface area contributed by atoms with Crippen LogP contribution in [0.15, 0.2) is 21.9 Å². The Morgan fingerprint density at radius 1 is 0.900 bits per heavy atom. The maximum atomic E-state index is 6.36. The third-order valence-corrected chi connectivity index (χ3v) is 5.94. The lowest BCUT2D eigenvalue weighted by atomic mass is 10.2. The van der Waals surface area contributed by atoms with Crippen LogP contribution in [-0.4, -0.2) is 0 Å². The van der Waals surface area contributed by atoms with E-state index in [1.165, 1.54) is 11.8 Å². The number of hydrogen-bond donors (Lipinski definition) is 0. The highest BCUT2D eigenvalue weighted by Gasteiger charge is 2.28. The second-order valence-corrected chi connectivity index (χ2v) is 7.10.